The van der Waals surface area contributed by atoms with Crippen LogP contribution in [-0.2, 0) is 4.79 Å². The Balaban J connectivity index is 1.76. The molecule has 1 fully saturated rings. The van der Waals surface area contributed by atoms with Gasteiger partial charge in [0.1, 0.15) is 10.9 Å². The van der Waals surface area contributed by atoms with Gasteiger partial charge in [0.05, 0.1) is 16.3 Å². The Kier molecular flexibility index (Phi) is 4.20. The molecule has 8 heteroatoms. The lowest BCUT2D eigenvalue weighted by Gasteiger charge is -2.20. The smallest absolute Gasteiger partial charge is 0.326 e. The fourth-order valence-electron chi connectivity index (χ4n) is 3.34. The Labute approximate surface area is 158 Å². The lowest BCUT2D eigenvalue weighted by molar-refractivity contribution is -0.141. The lowest BCUT2D eigenvalue weighted by atomic mass is 10.2. The van der Waals surface area contributed by atoms with Gasteiger partial charge in [-0.1, -0.05) is 17.7 Å². The van der Waals surface area contributed by atoms with Crippen LogP contribution in [0.15, 0.2) is 30.3 Å². The van der Waals surface area contributed by atoms with Gasteiger partial charge in [-0.05, 0) is 44.0 Å². The molecular weight excluding hydrogens is 374 g/mol. The second-order valence-corrected chi connectivity index (χ2v) is 7.77. The van der Waals surface area contributed by atoms with Crippen molar-refractivity contribution >= 4 is 45.0 Å². The van der Waals surface area contributed by atoms with Crippen molar-refractivity contribution in [2.24, 2.45) is 0 Å². The van der Waals surface area contributed by atoms with Gasteiger partial charge in [-0.15, -0.1) is 11.3 Å². The van der Waals surface area contributed by atoms with Crippen LogP contribution in [0.3, 0.4) is 0 Å². The lowest BCUT2D eigenvalue weighted by Crippen LogP contribution is -2.40. The number of fused-ring (bicyclic) bond motifs is 1. The van der Waals surface area contributed by atoms with Crippen molar-refractivity contribution in [3.8, 4) is 5.69 Å². The average molecular weight is 390 g/mol. The minimum Gasteiger partial charge on any atom is -0.480 e. The van der Waals surface area contributed by atoms with Gasteiger partial charge in [-0.2, -0.15) is 5.10 Å². The molecule has 0 unspecified atom stereocenters. The first-order chi connectivity index (χ1) is 12.5. The number of aliphatic carboxylic acids is 1. The summed E-state index contributed by atoms with van der Waals surface area (Å²) in [6.07, 6.45) is 1.21. The molecule has 0 spiro atoms. The van der Waals surface area contributed by atoms with Crippen LogP contribution >= 0.6 is 22.9 Å². The van der Waals surface area contributed by atoms with E-state index in [1.807, 2.05) is 31.2 Å². The molecule has 6 nitrogen and oxygen atoms in total. The summed E-state index contributed by atoms with van der Waals surface area (Å²) in [7, 11) is 0. The van der Waals surface area contributed by atoms with Crippen LogP contribution in [0, 0.1) is 6.92 Å². The molecule has 0 aliphatic carbocycles. The number of carboxylic acid groups (broad SMARTS) is 1. The first-order valence-corrected chi connectivity index (χ1v) is 9.44. The normalized spacial score (nSPS) is 17.2. The molecule has 0 bridgehead atoms. The zero-order valence-electron chi connectivity index (χ0n) is 14.0. The zero-order chi connectivity index (χ0) is 18.4. The number of benzene rings is 1. The number of carboxylic acids is 1. The summed E-state index contributed by atoms with van der Waals surface area (Å²) in [6.45, 7) is 2.36. The summed E-state index contributed by atoms with van der Waals surface area (Å²) in [4.78, 5) is 27.1. The summed E-state index contributed by atoms with van der Waals surface area (Å²) in [5.41, 5.74) is 1.63. The largest absolute Gasteiger partial charge is 0.480 e. The molecule has 2 aromatic heterocycles. The molecule has 0 saturated carbocycles. The highest BCUT2D eigenvalue weighted by Gasteiger charge is 2.35. The molecule has 134 valence electrons. The number of rotatable bonds is 3. The summed E-state index contributed by atoms with van der Waals surface area (Å²) >= 11 is 7.41. The number of hydrogen-bond donors (Lipinski definition) is 1. The van der Waals surface area contributed by atoms with Gasteiger partial charge >= 0.3 is 5.97 Å². The average Bonchev–Trinajstić information content (AvgIpc) is 3.30. The molecule has 3 heterocycles. The third-order valence-corrected chi connectivity index (χ3v) is 5.94. The van der Waals surface area contributed by atoms with E-state index in [1.165, 1.54) is 16.2 Å². The molecule has 1 aromatic carbocycles. The van der Waals surface area contributed by atoms with Gasteiger partial charge in [-0.25, -0.2) is 9.48 Å². The molecule has 1 N–H and O–H groups in total. The van der Waals surface area contributed by atoms with Crippen molar-refractivity contribution in [2.75, 3.05) is 6.54 Å². The molecule has 26 heavy (non-hydrogen) atoms. The van der Waals surface area contributed by atoms with Gasteiger partial charge in [-0.3, -0.25) is 4.79 Å². The van der Waals surface area contributed by atoms with Crippen molar-refractivity contribution < 1.29 is 14.7 Å². The number of nitrogens with zero attached hydrogens (tertiary/aromatic N) is 3. The Bertz CT molecular complexity index is 1030. The highest BCUT2D eigenvalue weighted by atomic mass is 35.5. The van der Waals surface area contributed by atoms with E-state index in [-0.39, 0.29) is 5.91 Å². The van der Waals surface area contributed by atoms with Crippen molar-refractivity contribution in [2.45, 2.75) is 25.8 Å². The zero-order valence-corrected chi connectivity index (χ0v) is 15.5. The highest BCUT2D eigenvalue weighted by Crippen LogP contribution is 2.33. The maximum atomic E-state index is 12.9. The molecule has 1 saturated heterocycles. The number of carbonyl (C=O) groups is 2. The number of aromatic nitrogens is 2. The standard InChI is InChI=1S/C18H16ClN3O3S/c1-10-13-9-15(16(23)21-7-3-6-14(21)18(24)25)26-17(13)22(20-10)12-5-2-4-11(19)8-12/h2,4-5,8-9,14H,3,6-7H2,1H3,(H,24,25)/t14-/m0/s1. The number of amides is 1. The molecule has 1 aliphatic rings. The number of aryl methyl sites for hydroxylation is 1. The Morgan fingerprint density at radius 1 is 1.35 bits per heavy atom. The van der Waals surface area contributed by atoms with Crippen LogP contribution in [0.5, 0.6) is 0 Å². The van der Waals surface area contributed by atoms with Gasteiger partial charge in [0.2, 0.25) is 0 Å². The quantitative estimate of drug-likeness (QED) is 0.740. The molecule has 1 aliphatic heterocycles. The molecule has 4 rings (SSSR count). The summed E-state index contributed by atoms with van der Waals surface area (Å²) in [5, 5.41) is 15.4. The molecule has 1 amide bonds. The van der Waals surface area contributed by atoms with E-state index in [4.69, 9.17) is 11.6 Å². The minimum absolute atomic E-state index is 0.229. The number of thiophene rings is 1. The van der Waals surface area contributed by atoms with Gasteiger partial charge in [0, 0.05) is 17.0 Å². The van der Waals surface area contributed by atoms with Crippen molar-refractivity contribution in [3.05, 3.63) is 45.9 Å². The second-order valence-electron chi connectivity index (χ2n) is 6.30. The van der Waals surface area contributed by atoms with Crippen molar-refractivity contribution in [3.63, 3.8) is 0 Å². The predicted molar refractivity (Wildman–Crippen MR) is 100 cm³/mol. The van der Waals surface area contributed by atoms with Crippen LogP contribution in [-0.4, -0.2) is 44.3 Å². The fraction of sp³-hybridized carbons (Fsp3) is 0.278. The van der Waals surface area contributed by atoms with E-state index >= 15 is 0 Å². The van der Waals surface area contributed by atoms with Gasteiger partial charge in [0.25, 0.3) is 5.91 Å². The SMILES string of the molecule is Cc1nn(-c2cccc(Cl)c2)c2sc(C(=O)N3CCC[C@H]3C(=O)O)cc12. The monoisotopic (exact) mass is 389 g/mol. The van der Waals surface area contributed by atoms with E-state index in [0.29, 0.717) is 29.3 Å². The van der Waals surface area contributed by atoms with Crippen molar-refractivity contribution in [1.82, 2.24) is 14.7 Å². The van der Waals surface area contributed by atoms with Crippen LogP contribution in [0.25, 0.3) is 15.9 Å². The molecular formula is C18H16ClN3O3S. The maximum Gasteiger partial charge on any atom is 0.326 e. The van der Waals surface area contributed by atoms with Crippen LogP contribution < -0.4 is 0 Å². The van der Waals surface area contributed by atoms with E-state index in [0.717, 1.165) is 21.6 Å². The van der Waals surface area contributed by atoms with E-state index < -0.39 is 12.0 Å². The summed E-state index contributed by atoms with van der Waals surface area (Å²) in [6, 6.07) is 8.43. The van der Waals surface area contributed by atoms with Crippen LogP contribution in [0.1, 0.15) is 28.2 Å². The van der Waals surface area contributed by atoms with Crippen LogP contribution in [0.4, 0.5) is 0 Å². The molecule has 0 radical (unpaired) electrons. The molecule has 1 atom stereocenters. The van der Waals surface area contributed by atoms with Crippen LogP contribution in [0.2, 0.25) is 5.02 Å². The summed E-state index contributed by atoms with van der Waals surface area (Å²) in [5.74, 6) is -1.17. The number of halogens is 1. The maximum absolute atomic E-state index is 12.9. The first-order valence-electron chi connectivity index (χ1n) is 8.24. The Hall–Kier alpha value is -2.38. The molecule has 3 aromatic rings. The van der Waals surface area contributed by atoms with Gasteiger partial charge in [0.15, 0.2) is 0 Å². The second kappa shape index (κ2) is 6.41. The number of carbonyl (C=O) groups excluding carboxylic acids is 1. The topological polar surface area (TPSA) is 75.4 Å². The van der Waals surface area contributed by atoms with E-state index in [2.05, 4.69) is 5.10 Å². The fourth-order valence-corrected chi connectivity index (χ4v) is 4.67. The van der Waals surface area contributed by atoms with E-state index in [1.54, 1.807) is 10.7 Å². The number of likely N-dealkylation sites (tertiary alicyclic amines) is 1. The Morgan fingerprint density at radius 2 is 2.15 bits per heavy atom. The highest BCUT2D eigenvalue weighted by molar-refractivity contribution is 7.20. The Morgan fingerprint density at radius 3 is 2.88 bits per heavy atom. The van der Waals surface area contributed by atoms with E-state index in [9.17, 15) is 14.7 Å². The van der Waals surface area contributed by atoms with Crippen molar-refractivity contribution in [1.29, 1.82) is 0 Å². The minimum atomic E-state index is -0.946. The van der Waals surface area contributed by atoms with Gasteiger partial charge < -0.3 is 10.0 Å². The first kappa shape index (κ1) is 17.1. The number of hydrogen-bond acceptors (Lipinski definition) is 4. The third kappa shape index (κ3) is 2.77. The summed E-state index contributed by atoms with van der Waals surface area (Å²) < 4.78 is 1.77. The predicted octanol–water partition coefficient (Wildman–Crippen LogP) is 3.74. The third-order valence-electron chi connectivity index (χ3n) is 4.61.